The molecular formula is C25H34BBrN4O6S2. The van der Waals surface area contributed by atoms with E-state index in [1.54, 1.807) is 29.6 Å². The number of rotatable bonds is 6. The van der Waals surface area contributed by atoms with Crippen molar-refractivity contribution in [1.29, 1.82) is 0 Å². The van der Waals surface area contributed by atoms with Gasteiger partial charge in [-0.05, 0) is 69.2 Å². The summed E-state index contributed by atoms with van der Waals surface area (Å²) in [7, 11) is -1.17. The highest BCUT2D eigenvalue weighted by molar-refractivity contribution is 9.10. The zero-order valence-corrected chi connectivity index (χ0v) is 24.8. The number of thiazole rings is 2. The number of hydrogen-bond donors (Lipinski definition) is 4. The number of halogens is 1. The molecule has 4 N–H and O–H groups in total. The molecule has 0 aliphatic heterocycles. The van der Waals surface area contributed by atoms with Crippen LogP contribution in [0.1, 0.15) is 95.3 Å². The Hall–Kier alpha value is -2.26. The van der Waals surface area contributed by atoms with Crippen molar-refractivity contribution in [2.45, 2.75) is 72.5 Å². The molecule has 2 aliphatic carbocycles. The van der Waals surface area contributed by atoms with Gasteiger partial charge in [0.25, 0.3) is 0 Å². The number of esters is 2. The van der Waals surface area contributed by atoms with Gasteiger partial charge in [-0.1, -0.05) is 7.43 Å². The van der Waals surface area contributed by atoms with Crippen LogP contribution in [0, 0.1) is 6.92 Å². The van der Waals surface area contributed by atoms with Gasteiger partial charge in [0.2, 0.25) is 0 Å². The number of nitrogens with zero attached hydrogens (tertiary/aromatic N) is 2. The minimum Gasteiger partial charge on any atom is -0.461 e. The topological polar surface area (TPSA) is 150 Å². The summed E-state index contributed by atoms with van der Waals surface area (Å²) < 4.78 is 12.9. The van der Waals surface area contributed by atoms with E-state index in [2.05, 4.69) is 35.9 Å². The molecule has 14 heteroatoms. The highest BCUT2D eigenvalue weighted by Crippen LogP contribution is 2.45. The van der Waals surface area contributed by atoms with Crippen molar-refractivity contribution in [2.24, 2.45) is 0 Å². The molecule has 0 amide bonds. The predicted octanol–water partition coefficient (Wildman–Crippen LogP) is 6.15. The first-order chi connectivity index (χ1) is 18.1. The SMILES string of the molecule is C.CB(O)O.CCOC(=O)c1[nH]c2nc(C3CC3)sc2c1Br.CCOC(=O)c1[nH]c2nc(C3CC3)sc2c1C. The van der Waals surface area contributed by atoms with Crippen LogP contribution in [0.2, 0.25) is 6.82 Å². The van der Waals surface area contributed by atoms with E-state index >= 15 is 0 Å². The van der Waals surface area contributed by atoms with E-state index in [0.717, 1.165) is 30.7 Å². The van der Waals surface area contributed by atoms with Crippen LogP contribution in [0.25, 0.3) is 20.7 Å². The first-order valence-electron chi connectivity index (χ1n) is 12.5. The van der Waals surface area contributed by atoms with Gasteiger partial charge in [-0.2, -0.15) is 0 Å². The standard InChI is InChI=1S/C12H14N2O2S.C11H11BrN2O2S.CH5BO2.CH4/c1-3-16-12(15)8-6(2)9-10(13-8)14-11(17-9)7-4-5-7;1-2-16-11(15)7-6(12)8-9(13-7)14-10(17-8)5-3-4-5;1-2(3)4;/h7,13H,3-5H2,1-2H3;5,13H,2-4H2,1H3;3-4H,1H3;1H4. The molecule has 2 fully saturated rings. The van der Waals surface area contributed by atoms with Gasteiger partial charge in [0.15, 0.2) is 5.65 Å². The molecule has 0 radical (unpaired) electrons. The van der Waals surface area contributed by atoms with Crippen LogP contribution in [0.3, 0.4) is 0 Å². The number of hydrogen-bond acceptors (Lipinski definition) is 10. The Labute approximate surface area is 243 Å². The number of carbonyl (C=O) groups excluding carboxylic acids is 2. The molecule has 0 spiro atoms. The average molecular weight is 641 g/mol. The number of carbonyl (C=O) groups is 2. The van der Waals surface area contributed by atoms with E-state index in [9.17, 15) is 9.59 Å². The molecule has 2 aliphatic rings. The second-order valence-corrected chi connectivity index (χ2v) is 11.9. The summed E-state index contributed by atoms with van der Waals surface area (Å²) in [5.74, 6) is 0.672. The highest BCUT2D eigenvalue weighted by atomic mass is 79.9. The molecule has 2 saturated carbocycles. The third kappa shape index (κ3) is 7.48. The number of aromatic nitrogens is 4. The number of fused-ring (bicyclic) bond motifs is 2. The zero-order valence-electron chi connectivity index (χ0n) is 21.6. The number of nitrogens with one attached hydrogen (secondary N) is 2. The Kier molecular flexibility index (Phi) is 10.7. The smallest absolute Gasteiger partial charge is 0.448 e. The molecule has 4 aromatic heterocycles. The van der Waals surface area contributed by atoms with Crippen molar-refractivity contribution in [1.82, 2.24) is 19.9 Å². The Morgan fingerprint density at radius 2 is 1.33 bits per heavy atom. The quantitative estimate of drug-likeness (QED) is 0.145. The van der Waals surface area contributed by atoms with E-state index in [4.69, 9.17) is 19.5 Å². The number of H-pyrrole nitrogens is 2. The van der Waals surface area contributed by atoms with Gasteiger partial charge < -0.3 is 29.5 Å². The fraction of sp³-hybridized carbons (Fsp3) is 0.520. The Morgan fingerprint density at radius 1 is 0.923 bits per heavy atom. The van der Waals surface area contributed by atoms with Gasteiger partial charge in [-0.25, -0.2) is 19.6 Å². The van der Waals surface area contributed by atoms with Crippen LogP contribution in [0.4, 0.5) is 0 Å². The molecule has 212 valence electrons. The van der Waals surface area contributed by atoms with Gasteiger partial charge >= 0.3 is 19.1 Å². The van der Waals surface area contributed by atoms with Crippen LogP contribution >= 0.6 is 38.6 Å². The molecule has 0 saturated heterocycles. The monoisotopic (exact) mass is 640 g/mol. The van der Waals surface area contributed by atoms with Crippen LogP contribution in [-0.2, 0) is 9.47 Å². The summed E-state index contributed by atoms with van der Waals surface area (Å²) in [4.78, 5) is 38.5. The number of aromatic amines is 2. The molecule has 4 aromatic rings. The average Bonchev–Trinajstić information content (AvgIpc) is 3.75. The predicted molar refractivity (Wildman–Crippen MR) is 159 cm³/mol. The molecule has 0 unspecified atom stereocenters. The first-order valence-corrected chi connectivity index (χ1v) is 14.9. The lowest BCUT2D eigenvalue weighted by Crippen LogP contribution is -2.06. The molecule has 39 heavy (non-hydrogen) atoms. The Bertz CT molecular complexity index is 1330. The maximum atomic E-state index is 11.7. The first kappa shape index (κ1) is 31.3. The van der Waals surface area contributed by atoms with Crippen molar-refractivity contribution in [2.75, 3.05) is 13.2 Å². The van der Waals surface area contributed by atoms with Crippen molar-refractivity contribution in [3.63, 3.8) is 0 Å². The second-order valence-electron chi connectivity index (χ2n) is 9.02. The highest BCUT2D eigenvalue weighted by Gasteiger charge is 2.30. The summed E-state index contributed by atoms with van der Waals surface area (Å²) in [6.07, 6.45) is 4.97. The van der Waals surface area contributed by atoms with E-state index in [-0.39, 0.29) is 19.4 Å². The normalized spacial score (nSPS) is 14.1. The molecule has 10 nitrogen and oxygen atoms in total. The summed E-state index contributed by atoms with van der Waals surface area (Å²) in [6.45, 7) is 7.59. The summed E-state index contributed by atoms with van der Waals surface area (Å²) in [5.41, 5.74) is 3.58. The third-order valence-electron chi connectivity index (χ3n) is 5.72. The van der Waals surface area contributed by atoms with Crippen LogP contribution in [-0.4, -0.2) is 62.3 Å². The largest absolute Gasteiger partial charge is 0.461 e. The van der Waals surface area contributed by atoms with E-state index in [0.29, 0.717) is 36.4 Å². The molecule has 0 bridgehead atoms. The number of aryl methyl sites for hydroxylation is 1. The van der Waals surface area contributed by atoms with Gasteiger partial charge in [-0.15, -0.1) is 22.7 Å². The second kappa shape index (κ2) is 13.4. The van der Waals surface area contributed by atoms with Gasteiger partial charge in [-0.3, -0.25) is 0 Å². The minimum absolute atomic E-state index is 0. The molecular weight excluding hydrogens is 607 g/mol. The Balaban J connectivity index is 0.000000186. The van der Waals surface area contributed by atoms with Crippen molar-refractivity contribution < 1.29 is 29.1 Å². The lowest BCUT2D eigenvalue weighted by Gasteiger charge is -1.99. The van der Waals surface area contributed by atoms with Crippen molar-refractivity contribution in [3.8, 4) is 0 Å². The van der Waals surface area contributed by atoms with Crippen molar-refractivity contribution in [3.05, 3.63) is 31.4 Å². The fourth-order valence-corrected chi connectivity index (χ4v) is 6.64. The van der Waals surface area contributed by atoms with Crippen LogP contribution < -0.4 is 0 Å². The summed E-state index contributed by atoms with van der Waals surface area (Å²) in [6, 6.07) is 0. The van der Waals surface area contributed by atoms with Crippen molar-refractivity contribution >= 4 is 78.4 Å². The molecule has 6 rings (SSSR count). The molecule has 0 aromatic carbocycles. The minimum atomic E-state index is -1.17. The maximum absolute atomic E-state index is 11.7. The van der Waals surface area contributed by atoms with Crippen LogP contribution in [0.15, 0.2) is 4.47 Å². The Morgan fingerprint density at radius 3 is 1.74 bits per heavy atom. The summed E-state index contributed by atoms with van der Waals surface area (Å²) in [5, 5.41) is 17.6. The zero-order chi connectivity index (χ0) is 27.6. The lowest BCUT2D eigenvalue weighted by atomic mass is 9.99. The van der Waals surface area contributed by atoms with Gasteiger partial charge in [0.05, 0.1) is 37.1 Å². The maximum Gasteiger partial charge on any atom is 0.448 e. The summed E-state index contributed by atoms with van der Waals surface area (Å²) >= 11 is 6.80. The third-order valence-corrected chi connectivity index (χ3v) is 9.35. The van der Waals surface area contributed by atoms with Gasteiger partial charge in [0.1, 0.15) is 17.0 Å². The molecule has 4 heterocycles. The van der Waals surface area contributed by atoms with E-state index in [1.165, 1.54) is 42.5 Å². The fourth-order valence-electron chi connectivity index (χ4n) is 3.62. The van der Waals surface area contributed by atoms with E-state index in [1.807, 2.05) is 13.8 Å². The number of ether oxygens (including phenoxy) is 2. The van der Waals surface area contributed by atoms with Gasteiger partial charge in [0, 0.05) is 17.4 Å². The van der Waals surface area contributed by atoms with E-state index < -0.39 is 7.12 Å². The molecule has 0 atom stereocenters. The lowest BCUT2D eigenvalue weighted by molar-refractivity contribution is 0.0510. The van der Waals surface area contributed by atoms with Crippen LogP contribution in [0.5, 0.6) is 0 Å².